The summed E-state index contributed by atoms with van der Waals surface area (Å²) in [5.41, 5.74) is 4.74. The number of carbonyl (C=O) groups excluding carboxylic acids is 1. The summed E-state index contributed by atoms with van der Waals surface area (Å²) in [7, 11) is 1.89. The molecule has 0 aliphatic rings. The first-order valence-electron chi connectivity index (χ1n) is 8.57. The van der Waals surface area contributed by atoms with Gasteiger partial charge in [0.15, 0.2) is 0 Å². The van der Waals surface area contributed by atoms with Crippen LogP contribution in [0.15, 0.2) is 59.2 Å². The van der Waals surface area contributed by atoms with Crippen LogP contribution >= 0.6 is 0 Å². The maximum absolute atomic E-state index is 12.3. The number of carbonyl (C=O) groups is 1. The maximum atomic E-state index is 12.3. The molecule has 1 aromatic heterocycles. The first-order chi connectivity index (χ1) is 12.5. The van der Waals surface area contributed by atoms with Crippen molar-refractivity contribution in [1.82, 2.24) is 9.88 Å². The molecule has 0 spiro atoms. The number of para-hydroxylation sites is 1. The van der Waals surface area contributed by atoms with E-state index in [2.05, 4.69) is 10.3 Å². The number of likely N-dealkylation sites (N-methyl/N-ethyl adjacent to an activating group) is 1. The fourth-order valence-corrected chi connectivity index (χ4v) is 2.86. The second-order valence-electron chi connectivity index (χ2n) is 6.50. The minimum atomic E-state index is -0.0447. The summed E-state index contributed by atoms with van der Waals surface area (Å²) < 4.78 is 5.55. The molecule has 0 radical (unpaired) electrons. The maximum Gasteiger partial charge on any atom is 0.238 e. The zero-order valence-electron chi connectivity index (χ0n) is 15.3. The summed E-state index contributed by atoms with van der Waals surface area (Å²) in [5, 5.41) is 3.00. The lowest BCUT2D eigenvalue weighted by atomic mass is 10.1. The second-order valence-corrected chi connectivity index (χ2v) is 6.50. The smallest absolute Gasteiger partial charge is 0.238 e. The Bertz CT molecular complexity index is 867. The van der Waals surface area contributed by atoms with Crippen molar-refractivity contribution in [3.8, 4) is 11.5 Å². The van der Waals surface area contributed by atoms with Crippen LogP contribution in [0.25, 0.3) is 11.5 Å². The molecule has 0 saturated carbocycles. The van der Waals surface area contributed by atoms with Crippen LogP contribution in [0.3, 0.4) is 0 Å². The van der Waals surface area contributed by atoms with Gasteiger partial charge in [0.1, 0.15) is 6.26 Å². The number of aromatic nitrogens is 1. The van der Waals surface area contributed by atoms with Crippen LogP contribution in [0.1, 0.15) is 16.8 Å². The van der Waals surface area contributed by atoms with Gasteiger partial charge < -0.3 is 9.73 Å². The number of oxazole rings is 1. The Hall–Kier alpha value is -2.92. The zero-order valence-corrected chi connectivity index (χ0v) is 15.3. The molecule has 26 heavy (non-hydrogen) atoms. The molecule has 0 fully saturated rings. The van der Waals surface area contributed by atoms with Crippen LogP contribution in [0, 0.1) is 13.8 Å². The summed E-state index contributed by atoms with van der Waals surface area (Å²) in [5.74, 6) is 0.547. The Morgan fingerprint density at radius 2 is 1.77 bits per heavy atom. The summed E-state index contributed by atoms with van der Waals surface area (Å²) in [6.07, 6.45) is 1.64. The average molecular weight is 349 g/mol. The highest BCUT2D eigenvalue weighted by Crippen LogP contribution is 2.20. The number of anilines is 1. The molecular formula is C21H23N3O2. The Balaban J connectivity index is 1.58. The lowest BCUT2D eigenvalue weighted by molar-refractivity contribution is -0.117. The van der Waals surface area contributed by atoms with E-state index in [9.17, 15) is 4.79 Å². The number of rotatable bonds is 6. The average Bonchev–Trinajstić information content (AvgIpc) is 3.07. The van der Waals surface area contributed by atoms with Gasteiger partial charge in [-0.15, -0.1) is 0 Å². The van der Waals surface area contributed by atoms with Gasteiger partial charge in [-0.2, -0.15) is 0 Å². The van der Waals surface area contributed by atoms with Gasteiger partial charge in [0.2, 0.25) is 11.8 Å². The Morgan fingerprint density at radius 1 is 1.08 bits per heavy atom. The molecule has 5 nitrogen and oxygen atoms in total. The molecule has 1 amide bonds. The van der Waals surface area contributed by atoms with Gasteiger partial charge in [-0.1, -0.05) is 36.4 Å². The van der Waals surface area contributed by atoms with E-state index in [0.717, 1.165) is 28.1 Å². The quantitative estimate of drug-likeness (QED) is 0.730. The lowest BCUT2D eigenvalue weighted by Gasteiger charge is -2.16. The van der Waals surface area contributed by atoms with Gasteiger partial charge in [-0.3, -0.25) is 9.69 Å². The van der Waals surface area contributed by atoms with Crippen LogP contribution in [-0.4, -0.2) is 29.4 Å². The standard InChI is InChI=1S/C21H23N3O2/c1-15-8-7-9-16(2)20(15)23-19(25)13-24(3)12-18-14-26-21(22-18)17-10-5-4-6-11-17/h4-11,14H,12-13H2,1-3H3,(H,23,25). The number of aryl methyl sites for hydroxylation is 2. The molecule has 1 heterocycles. The van der Waals surface area contributed by atoms with Gasteiger partial charge in [-0.05, 0) is 44.2 Å². The second kappa shape index (κ2) is 7.97. The number of hydrogen-bond donors (Lipinski definition) is 1. The fraction of sp³-hybridized carbons (Fsp3) is 0.238. The molecule has 3 aromatic rings. The van der Waals surface area contributed by atoms with Gasteiger partial charge in [0.05, 0.1) is 12.2 Å². The van der Waals surface area contributed by atoms with E-state index in [4.69, 9.17) is 4.42 Å². The molecule has 0 atom stereocenters. The van der Waals surface area contributed by atoms with Crippen molar-refractivity contribution in [3.05, 3.63) is 71.6 Å². The number of amides is 1. The fourth-order valence-electron chi connectivity index (χ4n) is 2.86. The zero-order chi connectivity index (χ0) is 18.5. The molecule has 0 unspecified atom stereocenters. The minimum absolute atomic E-state index is 0.0447. The number of benzene rings is 2. The third-order valence-corrected chi connectivity index (χ3v) is 4.16. The molecule has 3 rings (SSSR count). The number of nitrogens with one attached hydrogen (secondary N) is 1. The molecule has 2 aromatic carbocycles. The molecule has 1 N–H and O–H groups in total. The largest absolute Gasteiger partial charge is 0.444 e. The molecule has 5 heteroatoms. The molecule has 0 bridgehead atoms. The third kappa shape index (κ3) is 4.37. The Morgan fingerprint density at radius 3 is 2.46 bits per heavy atom. The number of nitrogens with zero attached hydrogens (tertiary/aromatic N) is 2. The van der Waals surface area contributed by atoms with Crippen LogP contribution in [0.5, 0.6) is 0 Å². The van der Waals surface area contributed by atoms with Gasteiger partial charge in [0.25, 0.3) is 0 Å². The van der Waals surface area contributed by atoms with Crippen molar-refractivity contribution >= 4 is 11.6 Å². The van der Waals surface area contributed by atoms with Crippen LogP contribution < -0.4 is 5.32 Å². The summed E-state index contributed by atoms with van der Waals surface area (Å²) in [4.78, 5) is 18.8. The van der Waals surface area contributed by atoms with Crippen LogP contribution in [0.2, 0.25) is 0 Å². The van der Waals surface area contributed by atoms with Crippen LogP contribution in [-0.2, 0) is 11.3 Å². The molecule has 0 saturated heterocycles. The lowest BCUT2D eigenvalue weighted by Crippen LogP contribution is -2.30. The number of hydrogen-bond acceptors (Lipinski definition) is 4. The first kappa shape index (κ1) is 17.9. The SMILES string of the molecule is Cc1cccc(C)c1NC(=O)CN(C)Cc1coc(-c2ccccc2)n1. The van der Waals surface area contributed by atoms with Gasteiger partial charge >= 0.3 is 0 Å². The first-order valence-corrected chi connectivity index (χ1v) is 8.57. The molecule has 0 aliphatic carbocycles. The Kier molecular flexibility index (Phi) is 5.49. The predicted octanol–water partition coefficient (Wildman–Crippen LogP) is 4.03. The summed E-state index contributed by atoms with van der Waals surface area (Å²) in [6.45, 7) is 4.80. The van der Waals surface area contributed by atoms with Gasteiger partial charge in [0, 0.05) is 17.8 Å². The predicted molar refractivity (Wildman–Crippen MR) is 103 cm³/mol. The van der Waals surface area contributed by atoms with E-state index >= 15 is 0 Å². The van der Waals surface area contributed by atoms with E-state index in [-0.39, 0.29) is 12.5 Å². The van der Waals surface area contributed by atoms with Crippen molar-refractivity contribution < 1.29 is 9.21 Å². The molecular weight excluding hydrogens is 326 g/mol. The minimum Gasteiger partial charge on any atom is -0.444 e. The van der Waals surface area contributed by atoms with Crippen molar-refractivity contribution in [1.29, 1.82) is 0 Å². The normalized spacial score (nSPS) is 10.9. The molecule has 0 aliphatic heterocycles. The van der Waals surface area contributed by atoms with E-state index in [1.807, 2.05) is 74.3 Å². The van der Waals surface area contributed by atoms with E-state index < -0.39 is 0 Å². The van der Waals surface area contributed by atoms with Crippen molar-refractivity contribution in [2.45, 2.75) is 20.4 Å². The highest BCUT2D eigenvalue weighted by atomic mass is 16.3. The van der Waals surface area contributed by atoms with Crippen molar-refractivity contribution in [2.75, 3.05) is 18.9 Å². The Labute approximate surface area is 153 Å². The van der Waals surface area contributed by atoms with Crippen LogP contribution in [0.4, 0.5) is 5.69 Å². The van der Waals surface area contributed by atoms with E-state index in [1.54, 1.807) is 6.26 Å². The van der Waals surface area contributed by atoms with Gasteiger partial charge in [-0.25, -0.2) is 4.98 Å². The van der Waals surface area contributed by atoms with E-state index in [0.29, 0.717) is 12.4 Å². The highest BCUT2D eigenvalue weighted by Gasteiger charge is 2.13. The van der Waals surface area contributed by atoms with E-state index in [1.165, 1.54) is 0 Å². The topological polar surface area (TPSA) is 58.4 Å². The highest BCUT2D eigenvalue weighted by molar-refractivity contribution is 5.93. The summed E-state index contributed by atoms with van der Waals surface area (Å²) >= 11 is 0. The van der Waals surface area contributed by atoms with Crippen molar-refractivity contribution in [3.63, 3.8) is 0 Å². The molecule has 134 valence electrons. The summed E-state index contributed by atoms with van der Waals surface area (Å²) in [6, 6.07) is 15.7. The third-order valence-electron chi connectivity index (χ3n) is 4.16. The monoisotopic (exact) mass is 349 g/mol. The van der Waals surface area contributed by atoms with Crippen molar-refractivity contribution in [2.24, 2.45) is 0 Å².